The monoisotopic (exact) mass is 330 g/mol. The third kappa shape index (κ3) is 4.53. The van der Waals surface area contributed by atoms with Gasteiger partial charge >= 0.3 is 0 Å². The summed E-state index contributed by atoms with van der Waals surface area (Å²) >= 11 is 0. The largest absolute Gasteiger partial charge is 0.497 e. The summed E-state index contributed by atoms with van der Waals surface area (Å²) in [5.41, 5.74) is 3.62. The highest BCUT2D eigenvalue weighted by Gasteiger charge is 2.07. The predicted octanol–water partition coefficient (Wildman–Crippen LogP) is 0.747. The van der Waals surface area contributed by atoms with Crippen LogP contribution in [0.4, 0.5) is 0 Å². The summed E-state index contributed by atoms with van der Waals surface area (Å²) in [5.74, 6) is 0.961. The lowest BCUT2D eigenvalue weighted by Gasteiger charge is -2.06. The number of nitrogens with zero attached hydrogens (tertiary/aromatic N) is 2. The van der Waals surface area contributed by atoms with E-state index in [1.165, 1.54) is 6.21 Å². The summed E-state index contributed by atoms with van der Waals surface area (Å²) in [6.07, 6.45) is 4.94. The predicted molar refractivity (Wildman–Crippen MR) is 88.3 cm³/mol. The molecule has 7 nitrogen and oxygen atoms in total. The van der Waals surface area contributed by atoms with Gasteiger partial charge in [0.15, 0.2) is 18.9 Å². The Morgan fingerprint density at radius 3 is 2.62 bits per heavy atom. The molecule has 0 atom stereocenters. The van der Waals surface area contributed by atoms with Crippen LogP contribution in [0.3, 0.4) is 0 Å². The molecule has 0 spiro atoms. The molecule has 24 heavy (non-hydrogen) atoms. The van der Waals surface area contributed by atoms with Gasteiger partial charge in [0.2, 0.25) is 0 Å². The van der Waals surface area contributed by atoms with Crippen LogP contribution in [0.5, 0.6) is 11.5 Å². The maximum atomic E-state index is 12.0. The number of carbonyl (C=O) groups excluding carboxylic acids is 1. The van der Waals surface area contributed by atoms with Crippen molar-refractivity contribution >= 4 is 12.1 Å². The molecule has 0 fully saturated rings. The fourth-order valence-corrected chi connectivity index (χ4v) is 2.04. The lowest BCUT2D eigenvalue weighted by Crippen LogP contribution is -2.35. The van der Waals surface area contributed by atoms with Crippen LogP contribution >= 0.6 is 0 Å². The second kappa shape index (κ2) is 8.64. The molecule has 0 aliphatic heterocycles. The molecule has 0 saturated carbocycles. The van der Waals surface area contributed by atoms with Crippen LogP contribution in [0.25, 0.3) is 0 Å². The number of benzene rings is 1. The van der Waals surface area contributed by atoms with Gasteiger partial charge in [-0.2, -0.15) is 5.10 Å². The van der Waals surface area contributed by atoms with E-state index in [0.29, 0.717) is 29.2 Å². The van der Waals surface area contributed by atoms with Crippen molar-refractivity contribution in [3.8, 4) is 11.5 Å². The Bertz CT molecular complexity index is 714. The minimum Gasteiger partial charge on any atom is -0.497 e. The highest BCUT2D eigenvalue weighted by molar-refractivity contribution is 5.94. The number of rotatable bonds is 7. The normalized spacial score (nSPS) is 10.6. The quantitative estimate of drug-likeness (QED) is 0.446. The molecule has 1 aromatic heterocycles. The van der Waals surface area contributed by atoms with Gasteiger partial charge in [-0.25, -0.2) is 9.99 Å². The fraction of sp³-hybridized carbons (Fsp3) is 0.235. The van der Waals surface area contributed by atoms with Crippen LogP contribution in [-0.4, -0.2) is 38.1 Å². The van der Waals surface area contributed by atoms with Crippen LogP contribution in [0.15, 0.2) is 47.8 Å². The maximum absolute atomic E-state index is 12.0. The van der Waals surface area contributed by atoms with Crippen molar-refractivity contribution in [3.63, 3.8) is 0 Å². The fourth-order valence-electron chi connectivity index (χ4n) is 2.04. The van der Waals surface area contributed by atoms with E-state index < -0.39 is 0 Å². The molecule has 0 aliphatic carbocycles. The van der Waals surface area contributed by atoms with Gasteiger partial charge in [0, 0.05) is 17.7 Å². The summed E-state index contributed by atoms with van der Waals surface area (Å²) in [6, 6.07) is 8.62. The second-order valence-corrected chi connectivity index (χ2v) is 4.86. The van der Waals surface area contributed by atoms with E-state index in [9.17, 15) is 4.79 Å². The Balaban J connectivity index is 2.04. The molecule has 0 radical (unpaired) electrons. The minimum absolute atomic E-state index is 0.0445. The molecule has 2 N–H and O–H groups in total. The number of amides is 1. The molecule has 0 aliphatic rings. The number of pyridine rings is 1. The molecule has 0 bridgehead atoms. The first-order valence-corrected chi connectivity index (χ1v) is 7.33. The van der Waals surface area contributed by atoms with Gasteiger partial charge in [-0.05, 0) is 18.2 Å². The number of hydrogen-bond acceptors (Lipinski definition) is 5. The van der Waals surface area contributed by atoms with Crippen LogP contribution in [-0.2, 0) is 6.54 Å². The minimum atomic E-state index is -0.329. The van der Waals surface area contributed by atoms with Crippen molar-refractivity contribution in [3.05, 3.63) is 53.9 Å². The SMILES string of the molecule is COc1ccc(OC)c(/C=N/NC(=O)c2cc[n+](CCO)cc2)c1. The Labute approximate surface area is 140 Å². The number of aliphatic hydroxyl groups is 1. The van der Waals surface area contributed by atoms with Crippen molar-refractivity contribution in [2.75, 3.05) is 20.8 Å². The molecule has 1 heterocycles. The van der Waals surface area contributed by atoms with Gasteiger partial charge in [-0.1, -0.05) is 0 Å². The summed E-state index contributed by atoms with van der Waals surface area (Å²) in [5, 5.41) is 12.8. The van der Waals surface area contributed by atoms with Gasteiger partial charge in [-0.15, -0.1) is 0 Å². The van der Waals surface area contributed by atoms with Crippen LogP contribution in [0, 0.1) is 0 Å². The van der Waals surface area contributed by atoms with Crippen molar-refractivity contribution in [2.45, 2.75) is 6.54 Å². The van der Waals surface area contributed by atoms with Crippen molar-refractivity contribution in [1.29, 1.82) is 0 Å². The molecule has 0 saturated heterocycles. The van der Waals surface area contributed by atoms with E-state index in [1.807, 2.05) is 0 Å². The van der Waals surface area contributed by atoms with Crippen molar-refractivity contribution in [1.82, 2.24) is 5.43 Å². The Morgan fingerprint density at radius 2 is 2.00 bits per heavy atom. The van der Waals surface area contributed by atoms with E-state index in [4.69, 9.17) is 14.6 Å². The van der Waals surface area contributed by atoms with Crippen LogP contribution in [0.2, 0.25) is 0 Å². The smallest absolute Gasteiger partial charge is 0.271 e. The first-order chi connectivity index (χ1) is 11.7. The van der Waals surface area contributed by atoms with E-state index in [2.05, 4.69) is 10.5 Å². The van der Waals surface area contributed by atoms with Crippen molar-refractivity contribution < 1.29 is 23.9 Å². The number of methoxy groups -OCH3 is 2. The van der Waals surface area contributed by atoms with Gasteiger partial charge < -0.3 is 14.6 Å². The molecule has 1 aromatic carbocycles. The van der Waals surface area contributed by atoms with Crippen LogP contribution in [0.1, 0.15) is 15.9 Å². The van der Waals surface area contributed by atoms with Crippen LogP contribution < -0.4 is 19.5 Å². The Morgan fingerprint density at radius 1 is 1.25 bits per heavy atom. The maximum Gasteiger partial charge on any atom is 0.271 e. The first kappa shape index (κ1) is 17.4. The van der Waals surface area contributed by atoms with E-state index in [-0.39, 0.29) is 12.5 Å². The highest BCUT2D eigenvalue weighted by Crippen LogP contribution is 2.22. The zero-order valence-corrected chi connectivity index (χ0v) is 13.6. The zero-order valence-electron chi connectivity index (χ0n) is 13.6. The van der Waals surface area contributed by atoms with E-state index >= 15 is 0 Å². The average Bonchev–Trinajstić information content (AvgIpc) is 2.62. The van der Waals surface area contributed by atoms with Gasteiger partial charge in [0.05, 0.1) is 26.0 Å². The molecule has 2 aromatic rings. The third-order valence-corrected chi connectivity index (χ3v) is 3.32. The number of nitrogens with one attached hydrogen (secondary N) is 1. The number of aromatic nitrogens is 1. The van der Waals surface area contributed by atoms with Gasteiger partial charge in [-0.3, -0.25) is 4.79 Å². The summed E-state index contributed by atoms with van der Waals surface area (Å²) in [6.45, 7) is 0.526. The molecule has 126 valence electrons. The third-order valence-electron chi connectivity index (χ3n) is 3.32. The first-order valence-electron chi connectivity index (χ1n) is 7.33. The standard InChI is InChI=1S/C17H19N3O4/c1-23-15-3-4-16(24-2)14(11-15)12-18-19-17(22)13-5-7-20(8-6-13)9-10-21/h3-8,11-12,21H,9-10H2,1-2H3/p+1. The Kier molecular flexibility index (Phi) is 6.27. The summed E-state index contributed by atoms with van der Waals surface area (Å²) in [7, 11) is 3.13. The molecule has 0 unspecified atom stereocenters. The van der Waals surface area contributed by atoms with Gasteiger partial charge in [0.25, 0.3) is 5.91 Å². The zero-order chi connectivity index (χ0) is 17.4. The van der Waals surface area contributed by atoms with Gasteiger partial charge in [0.1, 0.15) is 18.1 Å². The number of ether oxygens (including phenoxy) is 2. The molecular weight excluding hydrogens is 310 g/mol. The number of hydrogen-bond donors (Lipinski definition) is 2. The lowest BCUT2D eigenvalue weighted by molar-refractivity contribution is -0.698. The number of aliphatic hydroxyl groups excluding tert-OH is 1. The molecular formula is C17H20N3O4+. The summed E-state index contributed by atoms with van der Waals surface area (Å²) < 4.78 is 12.2. The molecule has 2 rings (SSSR count). The van der Waals surface area contributed by atoms with Crippen molar-refractivity contribution in [2.24, 2.45) is 5.10 Å². The van der Waals surface area contributed by atoms with E-state index in [1.54, 1.807) is 61.5 Å². The van der Waals surface area contributed by atoms with E-state index in [0.717, 1.165) is 0 Å². The number of hydrazone groups is 1. The second-order valence-electron chi connectivity index (χ2n) is 4.86. The lowest BCUT2D eigenvalue weighted by atomic mass is 10.2. The average molecular weight is 330 g/mol. The summed E-state index contributed by atoms with van der Waals surface area (Å²) in [4.78, 5) is 12.0. The highest BCUT2D eigenvalue weighted by atomic mass is 16.5. The molecule has 1 amide bonds. The Hall–Kier alpha value is -2.93. The topological polar surface area (TPSA) is 84.0 Å². The molecule has 7 heteroatoms. The number of carbonyl (C=O) groups is 1.